The highest BCUT2D eigenvalue weighted by molar-refractivity contribution is 5.95. The highest BCUT2D eigenvalue weighted by Gasteiger charge is 2.55. The van der Waals surface area contributed by atoms with Crippen molar-refractivity contribution >= 4 is 5.84 Å². The van der Waals surface area contributed by atoms with Gasteiger partial charge in [0.15, 0.2) is 23.5 Å². The summed E-state index contributed by atoms with van der Waals surface area (Å²) < 4.78 is 18.6. The molecule has 0 radical (unpaired) electrons. The van der Waals surface area contributed by atoms with Gasteiger partial charge in [-0.1, -0.05) is 5.92 Å². The van der Waals surface area contributed by atoms with Gasteiger partial charge >= 0.3 is 0 Å². The van der Waals surface area contributed by atoms with Crippen LogP contribution in [-0.4, -0.2) is 68.2 Å². The first-order valence-corrected chi connectivity index (χ1v) is 5.65. The van der Waals surface area contributed by atoms with E-state index in [2.05, 4.69) is 4.99 Å². The van der Waals surface area contributed by atoms with Crippen molar-refractivity contribution in [1.29, 1.82) is 0 Å². The molecule has 9 heteroatoms. The van der Waals surface area contributed by atoms with E-state index in [9.17, 15) is 24.8 Å². The Hall–Kier alpha value is -1.70. The van der Waals surface area contributed by atoms with Crippen molar-refractivity contribution in [1.82, 2.24) is 4.90 Å². The van der Waals surface area contributed by atoms with Crippen LogP contribution in [0.25, 0.3) is 0 Å². The molecule has 2 aliphatic heterocycles. The van der Waals surface area contributed by atoms with Crippen LogP contribution in [0.5, 0.6) is 0 Å². The van der Waals surface area contributed by atoms with Gasteiger partial charge in [-0.05, 0) is 0 Å². The third-order valence-corrected chi connectivity index (χ3v) is 3.23. The fourth-order valence-electron chi connectivity index (χ4n) is 2.04. The third-order valence-electron chi connectivity index (χ3n) is 3.23. The summed E-state index contributed by atoms with van der Waals surface area (Å²) in [7, 11) is 0. The van der Waals surface area contributed by atoms with Crippen molar-refractivity contribution < 1.29 is 29.6 Å². The number of nitrogens with two attached hydrogens (primary N) is 1. The maximum Gasteiger partial charge on any atom is 0.229 e. The smallest absolute Gasteiger partial charge is 0.229 e. The lowest BCUT2D eigenvalue weighted by atomic mass is 9.97. The van der Waals surface area contributed by atoms with Crippen molar-refractivity contribution in [3.63, 3.8) is 0 Å². The molecule has 5 atom stereocenters. The molecule has 6 N–H and O–H groups in total. The maximum atomic E-state index is 13.4. The third kappa shape index (κ3) is 2.04. The summed E-state index contributed by atoms with van der Waals surface area (Å²) >= 11 is 0. The summed E-state index contributed by atoms with van der Waals surface area (Å²) in [6.07, 6.45) is -0.263. The molecule has 0 aliphatic carbocycles. The van der Waals surface area contributed by atoms with E-state index in [0.29, 0.717) is 0 Å². The Bertz CT molecular complexity index is 505. The van der Waals surface area contributed by atoms with Gasteiger partial charge < -0.3 is 35.8 Å². The number of halogens is 1. The van der Waals surface area contributed by atoms with Crippen LogP contribution in [0.2, 0.25) is 0 Å². The predicted octanol–water partition coefficient (Wildman–Crippen LogP) is -2.81. The first-order valence-electron chi connectivity index (χ1n) is 5.65. The zero-order chi connectivity index (χ0) is 15.1. The van der Waals surface area contributed by atoms with Crippen molar-refractivity contribution in [2.75, 3.05) is 6.61 Å². The molecule has 20 heavy (non-hydrogen) atoms. The Kier molecular flexibility index (Phi) is 3.68. The molecule has 0 aromatic heterocycles. The molecular weight excluding hydrogens is 273 g/mol. The quantitative estimate of drug-likeness (QED) is 0.346. The van der Waals surface area contributed by atoms with E-state index in [1.54, 1.807) is 0 Å². The van der Waals surface area contributed by atoms with Gasteiger partial charge in [0.25, 0.3) is 0 Å². The molecule has 1 saturated heterocycles. The van der Waals surface area contributed by atoms with Crippen LogP contribution in [0.15, 0.2) is 17.0 Å². The van der Waals surface area contributed by atoms with Crippen LogP contribution in [-0.2, 0) is 4.74 Å². The molecule has 0 amide bonds. The van der Waals surface area contributed by atoms with E-state index in [1.165, 1.54) is 0 Å². The molecule has 0 saturated carbocycles. The first kappa shape index (κ1) is 14.7. The van der Waals surface area contributed by atoms with Crippen LogP contribution in [0.3, 0.4) is 0 Å². The van der Waals surface area contributed by atoms with E-state index in [0.717, 1.165) is 11.1 Å². The van der Waals surface area contributed by atoms with Gasteiger partial charge in [-0.2, -0.15) is 0 Å². The van der Waals surface area contributed by atoms with Crippen molar-refractivity contribution in [2.24, 2.45) is 10.7 Å². The molecule has 0 aromatic rings. The number of aliphatic imine (C=N–C) groups is 1. The second kappa shape index (κ2) is 5.01. The van der Waals surface area contributed by atoms with Crippen molar-refractivity contribution in [3.8, 4) is 12.3 Å². The minimum Gasteiger partial charge on any atom is -0.392 e. The van der Waals surface area contributed by atoms with Crippen LogP contribution >= 0.6 is 0 Å². The van der Waals surface area contributed by atoms with Gasteiger partial charge in [-0.15, -0.1) is 6.42 Å². The number of ether oxygens (including phenoxy) is 1. The molecule has 2 rings (SSSR count). The van der Waals surface area contributed by atoms with Crippen molar-refractivity contribution in [3.05, 3.63) is 12.0 Å². The maximum absolute atomic E-state index is 13.4. The molecule has 2 aliphatic rings. The average Bonchev–Trinajstić information content (AvgIpc) is 2.68. The molecule has 1 fully saturated rings. The molecule has 1 unspecified atom stereocenters. The van der Waals surface area contributed by atoms with Gasteiger partial charge in [0.05, 0.1) is 6.61 Å². The predicted molar refractivity (Wildman–Crippen MR) is 64.2 cm³/mol. The lowest BCUT2D eigenvalue weighted by molar-refractivity contribution is -0.147. The molecule has 0 spiro atoms. The van der Waals surface area contributed by atoms with Gasteiger partial charge in [-0.25, -0.2) is 9.38 Å². The van der Waals surface area contributed by atoms with Gasteiger partial charge in [0, 0.05) is 6.20 Å². The monoisotopic (exact) mass is 287 g/mol. The topological polar surface area (TPSA) is 132 Å². The summed E-state index contributed by atoms with van der Waals surface area (Å²) in [5, 5.41) is 38.7. The Morgan fingerprint density at radius 2 is 2.20 bits per heavy atom. The van der Waals surface area contributed by atoms with E-state index >= 15 is 0 Å². The van der Waals surface area contributed by atoms with E-state index in [4.69, 9.17) is 16.9 Å². The summed E-state index contributed by atoms with van der Waals surface area (Å²) in [6.45, 7) is -0.764. The van der Waals surface area contributed by atoms with Crippen LogP contribution in [0.4, 0.5) is 4.39 Å². The largest absolute Gasteiger partial charge is 0.392 e. The Morgan fingerprint density at radius 3 is 2.70 bits per heavy atom. The minimum absolute atomic E-state index is 0.507. The van der Waals surface area contributed by atoms with Gasteiger partial charge in [0.1, 0.15) is 12.2 Å². The standard InChI is InChI=1S/C11H14FN3O5/c1-2-11(4-16)7(18)6(17)9(20-11)15-3-5(12)8(13)14-10(15)19/h1,3,6-7,9-10,16-19H,4H2,(H2,13,14)/t6-,7-,9+,10?,11+/m0/s1. The number of hydrogen-bond acceptors (Lipinski definition) is 8. The zero-order valence-electron chi connectivity index (χ0n) is 10.2. The minimum atomic E-state index is -1.85. The highest BCUT2D eigenvalue weighted by Crippen LogP contribution is 2.34. The van der Waals surface area contributed by atoms with Crippen LogP contribution in [0, 0.1) is 12.3 Å². The zero-order valence-corrected chi connectivity index (χ0v) is 10.2. The Labute approximate surface area is 113 Å². The van der Waals surface area contributed by atoms with E-state index in [1.807, 2.05) is 5.92 Å². The number of terminal acetylenes is 1. The fraction of sp³-hybridized carbons (Fsp3) is 0.545. The highest BCUT2D eigenvalue weighted by atomic mass is 19.1. The summed E-state index contributed by atoms with van der Waals surface area (Å²) in [4.78, 5) is 4.19. The van der Waals surface area contributed by atoms with E-state index in [-0.39, 0.29) is 0 Å². The molecule has 0 aromatic carbocycles. The summed E-state index contributed by atoms with van der Waals surface area (Å²) in [6, 6.07) is 0. The lowest BCUT2D eigenvalue weighted by Gasteiger charge is -2.33. The number of aliphatic hydroxyl groups is 4. The summed E-state index contributed by atoms with van der Waals surface area (Å²) in [5.74, 6) is 0.597. The number of aliphatic hydroxyl groups excluding tert-OH is 4. The number of hydrogen-bond donors (Lipinski definition) is 5. The second-order valence-corrected chi connectivity index (χ2v) is 4.42. The Morgan fingerprint density at radius 1 is 1.55 bits per heavy atom. The van der Waals surface area contributed by atoms with Crippen LogP contribution in [0.1, 0.15) is 0 Å². The molecular formula is C11H14FN3O5. The summed E-state index contributed by atoms with van der Waals surface area (Å²) in [5.41, 5.74) is 3.35. The number of rotatable bonds is 2. The molecule has 110 valence electrons. The van der Waals surface area contributed by atoms with Gasteiger partial charge in [-0.3, -0.25) is 0 Å². The Balaban J connectivity index is 2.30. The molecule has 2 heterocycles. The lowest BCUT2D eigenvalue weighted by Crippen LogP contribution is -2.48. The molecule has 8 nitrogen and oxygen atoms in total. The second-order valence-electron chi connectivity index (χ2n) is 4.42. The fourth-order valence-corrected chi connectivity index (χ4v) is 2.04. The number of amidine groups is 1. The number of nitrogens with zero attached hydrogens (tertiary/aromatic N) is 2. The average molecular weight is 287 g/mol. The SMILES string of the molecule is C#C[C@]1(CO)O[C@@H](N2C=C(F)C(N)=NC2O)[C@@H](O)[C@@H]1O. The van der Waals surface area contributed by atoms with Crippen LogP contribution < -0.4 is 5.73 Å². The van der Waals surface area contributed by atoms with Crippen molar-refractivity contribution in [2.45, 2.75) is 30.4 Å². The van der Waals surface area contributed by atoms with E-state index < -0.39 is 48.7 Å². The van der Waals surface area contributed by atoms with Gasteiger partial charge in [0.2, 0.25) is 6.35 Å². The first-order chi connectivity index (χ1) is 9.36. The normalized spacial score (nSPS) is 41.1. The molecule has 0 bridgehead atoms.